The van der Waals surface area contributed by atoms with E-state index in [0.29, 0.717) is 6.10 Å². The van der Waals surface area contributed by atoms with E-state index in [4.69, 9.17) is 4.74 Å². The molecular formula is C11H21NOS. The first kappa shape index (κ1) is 10.8. The molecule has 2 aliphatic rings. The van der Waals surface area contributed by atoms with E-state index in [0.717, 1.165) is 24.4 Å². The van der Waals surface area contributed by atoms with E-state index < -0.39 is 0 Å². The normalized spacial score (nSPS) is 37.9. The Bertz CT molecular complexity index is 171. The lowest BCUT2D eigenvalue weighted by molar-refractivity contribution is 0.103. The van der Waals surface area contributed by atoms with Crippen molar-refractivity contribution in [1.29, 1.82) is 0 Å². The van der Waals surface area contributed by atoms with Gasteiger partial charge in [0.2, 0.25) is 0 Å². The minimum Gasteiger partial charge on any atom is -0.378 e. The summed E-state index contributed by atoms with van der Waals surface area (Å²) in [5.74, 6) is 1.30. The third-order valence-corrected chi connectivity index (χ3v) is 4.48. The zero-order valence-corrected chi connectivity index (χ0v) is 9.81. The predicted octanol–water partition coefficient (Wildman–Crippen LogP) is 2.04. The standard InChI is InChI=1S/C11H21NOS/c1-9-7-10(8-14-9)12-5-4-11-3-2-6-13-11/h9-12H,2-8H2,1H3. The maximum absolute atomic E-state index is 5.59. The topological polar surface area (TPSA) is 21.3 Å². The summed E-state index contributed by atoms with van der Waals surface area (Å²) >= 11 is 2.09. The zero-order valence-electron chi connectivity index (χ0n) is 9.00. The maximum atomic E-state index is 5.59. The van der Waals surface area contributed by atoms with Gasteiger partial charge in [-0.05, 0) is 32.2 Å². The van der Waals surface area contributed by atoms with Crippen LogP contribution in [0.3, 0.4) is 0 Å². The predicted molar refractivity (Wildman–Crippen MR) is 61.9 cm³/mol. The molecule has 0 aromatic rings. The monoisotopic (exact) mass is 215 g/mol. The largest absolute Gasteiger partial charge is 0.378 e. The molecule has 0 aromatic heterocycles. The molecule has 0 amide bonds. The van der Waals surface area contributed by atoms with Crippen molar-refractivity contribution in [3.63, 3.8) is 0 Å². The first-order valence-electron chi connectivity index (χ1n) is 5.81. The summed E-state index contributed by atoms with van der Waals surface area (Å²) in [4.78, 5) is 0. The molecule has 0 radical (unpaired) electrons. The Kier molecular flexibility index (Phi) is 4.14. The summed E-state index contributed by atoms with van der Waals surface area (Å²) < 4.78 is 5.59. The quantitative estimate of drug-likeness (QED) is 0.775. The summed E-state index contributed by atoms with van der Waals surface area (Å²) in [5, 5.41) is 4.49. The van der Waals surface area contributed by atoms with Gasteiger partial charge in [-0.25, -0.2) is 0 Å². The molecule has 3 heteroatoms. The van der Waals surface area contributed by atoms with Crippen LogP contribution in [-0.2, 0) is 4.74 Å². The molecule has 1 N–H and O–H groups in total. The molecule has 2 heterocycles. The Morgan fingerprint density at radius 2 is 2.43 bits per heavy atom. The van der Waals surface area contributed by atoms with E-state index in [9.17, 15) is 0 Å². The number of hydrogen-bond acceptors (Lipinski definition) is 3. The van der Waals surface area contributed by atoms with E-state index >= 15 is 0 Å². The van der Waals surface area contributed by atoms with E-state index in [1.165, 1.54) is 31.4 Å². The van der Waals surface area contributed by atoms with Gasteiger partial charge in [0.15, 0.2) is 0 Å². The molecule has 0 bridgehead atoms. The molecule has 2 fully saturated rings. The van der Waals surface area contributed by atoms with Gasteiger partial charge in [-0.15, -0.1) is 0 Å². The van der Waals surface area contributed by atoms with E-state index in [2.05, 4.69) is 24.0 Å². The van der Waals surface area contributed by atoms with Crippen LogP contribution in [0.15, 0.2) is 0 Å². The molecule has 2 nitrogen and oxygen atoms in total. The molecule has 0 spiro atoms. The second kappa shape index (κ2) is 5.38. The molecule has 3 atom stereocenters. The highest BCUT2D eigenvalue weighted by Crippen LogP contribution is 2.25. The fourth-order valence-corrected chi connectivity index (χ4v) is 3.46. The number of thioether (sulfide) groups is 1. The molecule has 0 saturated carbocycles. The lowest BCUT2D eigenvalue weighted by Gasteiger charge is -2.14. The van der Waals surface area contributed by atoms with Crippen LogP contribution in [0.4, 0.5) is 0 Å². The Balaban J connectivity index is 1.54. The van der Waals surface area contributed by atoms with Gasteiger partial charge in [-0.1, -0.05) is 6.92 Å². The number of nitrogens with one attached hydrogen (secondary N) is 1. The summed E-state index contributed by atoms with van der Waals surface area (Å²) in [6.45, 7) is 4.45. The van der Waals surface area contributed by atoms with Gasteiger partial charge in [-0.2, -0.15) is 11.8 Å². The minimum atomic E-state index is 0.550. The minimum absolute atomic E-state index is 0.550. The average molecular weight is 215 g/mol. The first-order chi connectivity index (χ1) is 6.84. The fourth-order valence-electron chi connectivity index (χ4n) is 2.28. The van der Waals surface area contributed by atoms with Gasteiger partial charge in [0, 0.05) is 23.7 Å². The van der Waals surface area contributed by atoms with Gasteiger partial charge in [0.25, 0.3) is 0 Å². The van der Waals surface area contributed by atoms with Gasteiger partial charge >= 0.3 is 0 Å². The molecule has 0 aliphatic carbocycles. The molecule has 2 rings (SSSR count). The lowest BCUT2D eigenvalue weighted by Crippen LogP contribution is -2.31. The van der Waals surface area contributed by atoms with Crippen molar-refractivity contribution in [1.82, 2.24) is 5.32 Å². The highest BCUT2D eigenvalue weighted by Gasteiger charge is 2.21. The van der Waals surface area contributed by atoms with Crippen LogP contribution in [0, 0.1) is 0 Å². The first-order valence-corrected chi connectivity index (χ1v) is 6.86. The number of hydrogen-bond donors (Lipinski definition) is 1. The molecule has 14 heavy (non-hydrogen) atoms. The van der Waals surface area contributed by atoms with Crippen LogP contribution in [0.25, 0.3) is 0 Å². The van der Waals surface area contributed by atoms with Crippen LogP contribution in [-0.4, -0.2) is 36.3 Å². The van der Waals surface area contributed by atoms with Crippen molar-refractivity contribution in [2.45, 2.75) is 50.0 Å². The Morgan fingerprint density at radius 1 is 1.50 bits per heavy atom. The third kappa shape index (κ3) is 3.14. The van der Waals surface area contributed by atoms with Gasteiger partial charge < -0.3 is 10.1 Å². The highest BCUT2D eigenvalue weighted by molar-refractivity contribution is 8.00. The Labute approximate surface area is 91.2 Å². The van der Waals surface area contributed by atoms with Crippen molar-refractivity contribution in [2.24, 2.45) is 0 Å². The lowest BCUT2D eigenvalue weighted by atomic mass is 10.1. The van der Waals surface area contributed by atoms with Gasteiger partial charge in [0.1, 0.15) is 0 Å². The molecule has 0 aromatic carbocycles. The Hall–Kier alpha value is 0.270. The smallest absolute Gasteiger partial charge is 0.0588 e. The van der Waals surface area contributed by atoms with Gasteiger partial charge in [-0.3, -0.25) is 0 Å². The highest BCUT2D eigenvalue weighted by atomic mass is 32.2. The van der Waals surface area contributed by atoms with E-state index in [1.54, 1.807) is 0 Å². The van der Waals surface area contributed by atoms with Crippen molar-refractivity contribution < 1.29 is 4.74 Å². The molecule has 82 valence electrons. The van der Waals surface area contributed by atoms with Crippen LogP contribution < -0.4 is 5.32 Å². The molecule has 2 aliphatic heterocycles. The fraction of sp³-hybridized carbons (Fsp3) is 1.00. The van der Waals surface area contributed by atoms with Crippen molar-refractivity contribution in [2.75, 3.05) is 18.9 Å². The van der Waals surface area contributed by atoms with E-state index in [-0.39, 0.29) is 0 Å². The third-order valence-electron chi connectivity index (χ3n) is 3.12. The van der Waals surface area contributed by atoms with Crippen molar-refractivity contribution in [3.8, 4) is 0 Å². The number of rotatable bonds is 4. The van der Waals surface area contributed by atoms with Crippen LogP contribution in [0.2, 0.25) is 0 Å². The van der Waals surface area contributed by atoms with Gasteiger partial charge in [0.05, 0.1) is 6.10 Å². The molecular weight excluding hydrogens is 194 g/mol. The van der Waals surface area contributed by atoms with Crippen molar-refractivity contribution >= 4 is 11.8 Å². The number of ether oxygens (including phenoxy) is 1. The SMILES string of the molecule is CC1CC(NCCC2CCCO2)CS1. The summed E-state index contributed by atoms with van der Waals surface area (Å²) in [6.07, 6.45) is 5.64. The maximum Gasteiger partial charge on any atom is 0.0588 e. The summed E-state index contributed by atoms with van der Waals surface area (Å²) in [5.41, 5.74) is 0. The molecule has 3 unspecified atom stereocenters. The van der Waals surface area contributed by atoms with Crippen LogP contribution in [0.1, 0.15) is 32.6 Å². The zero-order chi connectivity index (χ0) is 9.80. The summed E-state index contributed by atoms with van der Waals surface area (Å²) in [7, 11) is 0. The summed E-state index contributed by atoms with van der Waals surface area (Å²) in [6, 6.07) is 0.761. The Morgan fingerprint density at radius 3 is 3.07 bits per heavy atom. The van der Waals surface area contributed by atoms with Crippen LogP contribution in [0.5, 0.6) is 0 Å². The average Bonchev–Trinajstić information content (AvgIpc) is 2.77. The van der Waals surface area contributed by atoms with E-state index in [1.807, 2.05) is 0 Å². The second-order valence-electron chi connectivity index (χ2n) is 4.45. The second-order valence-corrected chi connectivity index (χ2v) is 5.93. The molecule has 2 saturated heterocycles. The van der Waals surface area contributed by atoms with Crippen molar-refractivity contribution in [3.05, 3.63) is 0 Å². The van der Waals surface area contributed by atoms with Crippen LogP contribution >= 0.6 is 11.8 Å².